The number of hydrogen-bond donors (Lipinski definition) is 1. The Morgan fingerprint density at radius 2 is 1.89 bits per heavy atom. The molecule has 0 aliphatic carbocycles. The van der Waals surface area contributed by atoms with E-state index in [1.54, 1.807) is 13.0 Å². The minimum absolute atomic E-state index is 0.143. The standard InChI is InChI=1S/C25H32N4O4S2/c1-5-9-14-33-18-12-10-17(11-13-18)22-27-28-25(29(22)7-3)34-16-21(30)26-23-20(24(31)32-8-4)15-19(6-2)35-23/h10-13,15H,5-9,14,16H2,1-4H3,(H,26,30). The fraction of sp³-hybridized carbons (Fsp3) is 0.440. The molecular weight excluding hydrogens is 484 g/mol. The van der Waals surface area contributed by atoms with Gasteiger partial charge in [0, 0.05) is 17.0 Å². The molecule has 10 heteroatoms. The maximum Gasteiger partial charge on any atom is 0.341 e. The predicted molar refractivity (Wildman–Crippen MR) is 141 cm³/mol. The van der Waals surface area contributed by atoms with Gasteiger partial charge in [0.25, 0.3) is 0 Å². The molecule has 0 spiro atoms. The highest BCUT2D eigenvalue weighted by Crippen LogP contribution is 2.30. The molecule has 3 rings (SSSR count). The van der Waals surface area contributed by atoms with E-state index in [9.17, 15) is 9.59 Å². The van der Waals surface area contributed by atoms with Gasteiger partial charge in [-0.1, -0.05) is 32.0 Å². The number of thiophene rings is 1. The van der Waals surface area contributed by atoms with Crippen molar-refractivity contribution in [3.63, 3.8) is 0 Å². The second kappa shape index (κ2) is 13.3. The molecule has 1 N–H and O–H groups in total. The SMILES string of the molecule is CCCCOc1ccc(-c2nnc(SCC(=O)Nc3sc(CC)cc3C(=O)OCC)n2CC)cc1. The number of carbonyl (C=O) groups excluding carboxylic acids is 2. The number of amides is 1. The van der Waals surface area contributed by atoms with Gasteiger partial charge < -0.3 is 19.4 Å². The monoisotopic (exact) mass is 516 g/mol. The Hall–Kier alpha value is -2.85. The van der Waals surface area contributed by atoms with Crippen LogP contribution in [0, 0.1) is 0 Å². The number of carbonyl (C=O) groups is 2. The molecule has 0 atom stereocenters. The van der Waals surface area contributed by atoms with E-state index in [1.165, 1.54) is 23.1 Å². The molecule has 2 aromatic heterocycles. The van der Waals surface area contributed by atoms with Crippen molar-refractivity contribution in [1.29, 1.82) is 0 Å². The zero-order valence-electron chi connectivity index (χ0n) is 20.6. The zero-order valence-corrected chi connectivity index (χ0v) is 22.3. The maximum atomic E-state index is 12.7. The molecular formula is C25H32N4O4S2. The van der Waals surface area contributed by atoms with Gasteiger partial charge in [-0.2, -0.15) is 0 Å². The lowest BCUT2D eigenvalue weighted by molar-refractivity contribution is -0.113. The van der Waals surface area contributed by atoms with Crippen LogP contribution in [0.15, 0.2) is 35.5 Å². The van der Waals surface area contributed by atoms with Crippen molar-refractivity contribution in [2.45, 2.75) is 58.7 Å². The molecule has 0 saturated heterocycles. The third-order valence-corrected chi connectivity index (χ3v) is 7.29. The first-order valence-corrected chi connectivity index (χ1v) is 13.7. The Morgan fingerprint density at radius 3 is 2.54 bits per heavy atom. The highest BCUT2D eigenvalue weighted by molar-refractivity contribution is 7.99. The van der Waals surface area contributed by atoms with Crippen LogP contribution in [-0.4, -0.2) is 45.6 Å². The minimum atomic E-state index is -0.427. The number of hydrogen-bond acceptors (Lipinski definition) is 8. The largest absolute Gasteiger partial charge is 0.494 e. The van der Waals surface area contributed by atoms with Crippen LogP contribution in [0.1, 0.15) is 55.8 Å². The van der Waals surface area contributed by atoms with Crippen LogP contribution in [0.4, 0.5) is 5.00 Å². The topological polar surface area (TPSA) is 95.3 Å². The quantitative estimate of drug-likeness (QED) is 0.177. The van der Waals surface area contributed by atoms with Gasteiger partial charge in [0.15, 0.2) is 11.0 Å². The summed E-state index contributed by atoms with van der Waals surface area (Å²) >= 11 is 2.70. The highest BCUT2D eigenvalue weighted by Gasteiger charge is 2.20. The average Bonchev–Trinajstić information content (AvgIpc) is 3.47. The molecule has 1 aromatic carbocycles. The molecule has 1 amide bonds. The van der Waals surface area contributed by atoms with Crippen LogP contribution >= 0.6 is 23.1 Å². The van der Waals surface area contributed by atoms with Crippen LogP contribution < -0.4 is 10.1 Å². The van der Waals surface area contributed by atoms with Gasteiger partial charge in [-0.05, 0) is 57.0 Å². The Balaban J connectivity index is 1.65. The lowest BCUT2D eigenvalue weighted by atomic mass is 10.2. The molecule has 0 fully saturated rings. The van der Waals surface area contributed by atoms with Crippen LogP contribution in [0.25, 0.3) is 11.4 Å². The molecule has 35 heavy (non-hydrogen) atoms. The number of nitrogens with zero attached hydrogens (tertiary/aromatic N) is 3. The van der Waals surface area contributed by atoms with Crippen molar-refractivity contribution < 1.29 is 19.1 Å². The van der Waals surface area contributed by atoms with Crippen molar-refractivity contribution in [2.75, 3.05) is 24.3 Å². The number of aromatic nitrogens is 3. The highest BCUT2D eigenvalue weighted by atomic mass is 32.2. The van der Waals surface area contributed by atoms with Crippen molar-refractivity contribution in [3.05, 3.63) is 40.8 Å². The molecule has 3 aromatic rings. The lowest BCUT2D eigenvalue weighted by Crippen LogP contribution is -2.16. The molecule has 0 saturated carbocycles. The summed E-state index contributed by atoms with van der Waals surface area (Å²) in [5.41, 5.74) is 1.33. The summed E-state index contributed by atoms with van der Waals surface area (Å²) in [5, 5.41) is 12.7. The van der Waals surface area contributed by atoms with Gasteiger partial charge in [0.1, 0.15) is 10.8 Å². The Bertz CT molecular complexity index is 1130. The zero-order chi connectivity index (χ0) is 25.2. The summed E-state index contributed by atoms with van der Waals surface area (Å²) in [5.74, 6) is 1.07. The summed E-state index contributed by atoms with van der Waals surface area (Å²) in [6, 6.07) is 9.60. The van der Waals surface area contributed by atoms with E-state index in [0.29, 0.717) is 28.9 Å². The molecule has 0 radical (unpaired) electrons. The molecule has 0 aliphatic rings. The van der Waals surface area contributed by atoms with Crippen LogP contribution in [0.3, 0.4) is 0 Å². The van der Waals surface area contributed by atoms with E-state index in [1.807, 2.05) is 42.7 Å². The summed E-state index contributed by atoms with van der Waals surface area (Å²) in [6.07, 6.45) is 2.89. The van der Waals surface area contributed by atoms with Gasteiger partial charge in [-0.3, -0.25) is 4.79 Å². The van der Waals surface area contributed by atoms with Gasteiger partial charge in [-0.15, -0.1) is 21.5 Å². The molecule has 0 unspecified atom stereocenters. The Kier molecular flexibility index (Phi) is 10.2. The number of rotatable bonds is 13. The predicted octanol–water partition coefficient (Wildman–Crippen LogP) is 5.68. The first-order chi connectivity index (χ1) is 17.0. The van der Waals surface area contributed by atoms with Crippen LogP contribution in [0.2, 0.25) is 0 Å². The minimum Gasteiger partial charge on any atom is -0.494 e. The number of ether oxygens (including phenoxy) is 2. The first-order valence-electron chi connectivity index (χ1n) is 11.9. The maximum absolute atomic E-state index is 12.7. The summed E-state index contributed by atoms with van der Waals surface area (Å²) in [6.45, 7) is 9.56. The smallest absolute Gasteiger partial charge is 0.341 e. The van der Waals surface area contributed by atoms with E-state index >= 15 is 0 Å². The van der Waals surface area contributed by atoms with Crippen molar-refractivity contribution in [3.8, 4) is 17.1 Å². The fourth-order valence-corrected chi connectivity index (χ4v) is 5.09. The van der Waals surface area contributed by atoms with E-state index in [4.69, 9.17) is 9.47 Å². The summed E-state index contributed by atoms with van der Waals surface area (Å²) in [7, 11) is 0. The lowest BCUT2D eigenvalue weighted by Gasteiger charge is -2.09. The number of thioether (sulfide) groups is 1. The third kappa shape index (κ3) is 7.08. The molecule has 8 nitrogen and oxygen atoms in total. The Morgan fingerprint density at radius 1 is 1.11 bits per heavy atom. The van der Waals surface area contributed by atoms with E-state index in [0.717, 1.165) is 41.3 Å². The summed E-state index contributed by atoms with van der Waals surface area (Å²) in [4.78, 5) is 26.0. The van der Waals surface area contributed by atoms with Crippen molar-refractivity contribution >= 4 is 40.0 Å². The number of esters is 1. The van der Waals surface area contributed by atoms with Gasteiger partial charge in [0.2, 0.25) is 5.91 Å². The van der Waals surface area contributed by atoms with Crippen molar-refractivity contribution in [2.24, 2.45) is 0 Å². The first kappa shape index (κ1) is 26.7. The molecule has 0 bridgehead atoms. The number of nitrogens with one attached hydrogen (secondary N) is 1. The van der Waals surface area contributed by atoms with Gasteiger partial charge >= 0.3 is 5.97 Å². The van der Waals surface area contributed by atoms with Gasteiger partial charge in [-0.25, -0.2) is 4.79 Å². The molecule has 0 aliphatic heterocycles. The van der Waals surface area contributed by atoms with Crippen molar-refractivity contribution in [1.82, 2.24) is 14.8 Å². The third-order valence-electron chi connectivity index (χ3n) is 5.12. The number of anilines is 1. The average molecular weight is 517 g/mol. The molecule has 2 heterocycles. The second-order valence-electron chi connectivity index (χ2n) is 7.64. The number of benzene rings is 1. The number of aryl methyl sites for hydroxylation is 1. The molecule has 188 valence electrons. The van der Waals surface area contributed by atoms with E-state index < -0.39 is 5.97 Å². The van der Waals surface area contributed by atoms with E-state index in [2.05, 4.69) is 22.4 Å². The van der Waals surface area contributed by atoms with Crippen LogP contribution in [0.5, 0.6) is 5.75 Å². The van der Waals surface area contributed by atoms with Crippen LogP contribution in [-0.2, 0) is 22.5 Å². The number of unbranched alkanes of at least 4 members (excludes halogenated alkanes) is 1. The Labute approximate surface area is 214 Å². The van der Waals surface area contributed by atoms with Gasteiger partial charge in [0.05, 0.1) is 24.5 Å². The van der Waals surface area contributed by atoms with E-state index in [-0.39, 0.29) is 18.3 Å². The normalized spacial score (nSPS) is 10.9. The second-order valence-corrected chi connectivity index (χ2v) is 9.72. The summed E-state index contributed by atoms with van der Waals surface area (Å²) < 4.78 is 12.8. The fourth-order valence-electron chi connectivity index (χ4n) is 3.29.